The van der Waals surface area contributed by atoms with Crippen LogP contribution in [-0.4, -0.2) is 4.86 Å². The van der Waals surface area contributed by atoms with Crippen LogP contribution in [0.2, 0.25) is 0 Å². The molecule has 0 saturated heterocycles. The Balaban J connectivity index is 3.37. The molecule has 0 radical (unpaired) electrons. The maximum atomic E-state index is 11.2. The summed E-state index contributed by atoms with van der Waals surface area (Å²) in [5.41, 5.74) is 0.417. The lowest BCUT2D eigenvalue weighted by Gasteiger charge is -2.03. The van der Waals surface area contributed by atoms with Crippen LogP contribution in [-0.2, 0) is 0 Å². The van der Waals surface area contributed by atoms with Crippen molar-refractivity contribution in [2.75, 3.05) is 0 Å². The summed E-state index contributed by atoms with van der Waals surface area (Å²) < 4.78 is 5.52. The second kappa shape index (κ2) is 4.86. The van der Waals surface area contributed by atoms with Gasteiger partial charge in [-0.05, 0) is 48.9 Å². The molecule has 0 aliphatic carbocycles. The van der Waals surface area contributed by atoms with E-state index < -0.39 is 0 Å². The number of hydrogen-bond donors (Lipinski definition) is 0. The minimum atomic E-state index is 0.417. The van der Waals surface area contributed by atoms with Gasteiger partial charge in [0.2, 0.25) is 0 Å². The molecule has 3 nitrogen and oxygen atoms in total. The summed E-state index contributed by atoms with van der Waals surface area (Å²) in [4.78, 5) is 0.473. The first-order valence-corrected chi connectivity index (χ1v) is 6.09. The molecule has 7 heteroatoms. The van der Waals surface area contributed by atoms with Gasteiger partial charge < -0.3 is 5.21 Å². The molecule has 0 aromatic heterocycles. The van der Waals surface area contributed by atoms with Gasteiger partial charge in [-0.3, -0.25) is 0 Å². The minimum absolute atomic E-state index is 0.417. The highest BCUT2D eigenvalue weighted by Gasteiger charge is 2.15. The van der Waals surface area contributed by atoms with Crippen LogP contribution < -0.4 is 0 Å². The van der Waals surface area contributed by atoms with E-state index in [9.17, 15) is 5.21 Å². The summed E-state index contributed by atoms with van der Waals surface area (Å²) in [7, 11) is 0. The minimum Gasteiger partial charge on any atom is -0.593 e. The Kier molecular flexibility index (Phi) is 4.34. The van der Waals surface area contributed by atoms with Crippen LogP contribution in [0.4, 0.5) is 5.69 Å². The second-order valence-electron chi connectivity index (χ2n) is 2.07. The highest BCUT2D eigenvalue weighted by atomic mass is 79.9. The van der Waals surface area contributed by atoms with Crippen LogP contribution in [0, 0.1) is 5.21 Å². The first-order valence-electron chi connectivity index (χ1n) is 3.00. The quantitative estimate of drug-likeness (QED) is 0.351. The van der Waals surface area contributed by atoms with Crippen LogP contribution in [0.5, 0.6) is 0 Å². The van der Waals surface area contributed by atoms with Crippen LogP contribution >= 0.6 is 63.9 Å². The smallest absolute Gasteiger partial charge is 0.273 e. The topological polar surface area (TPSA) is 38.4 Å². The third-order valence-corrected chi connectivity index (χ3v) is 3.20. The van der Waals surface area contributed by atoms with Gasteiger partial charge in [-0.2, -0.15) is 0 Å². The largest absolute Gasteiger partial charge is 0.593 e. The number of hydrogen-bond acceptors (Lipinski definition) is 2. The molecule has 0 saturated carbocycles. The fraction of sp³-hybridized carbons (Fsp3) is 0. The zero-order valence-electron chi connectivity index (χ0n) is 5.97. The number of rotatable bonds is 1. The Bertz CT molecular complexity index is 343. The fourth-order valence-electron chi connectivity index (χ4n) is 0.755. The molecule has 0 aliphatic heterocycles. The molecule has 1 aromatic carbocycles. The lowest BCUT2D eigenvalue weighted by atomic mass is 10.3. The van der Waals surface area contributed by atoms with E-state index in [1.165, 1.54) is 0 Å². The van der Waals surface area contributed by atoms with Crippen molar-refractivity contribution in [2.45, 2.75) is 0 Å². The van der Waals surface area contributed by atoms with Crippen molar-refractivity contribution in [1.29, 1.82) is 0 Å². The predicted octanol–water partition coefficient (Wildman–Crippen LogP) is 4.88. The van der Waals surface area contributed by atoms with E-state index >= 15 is 0 Å². The van der Waals surface area contributed by atoms with E-state index in [0.29, 0.717) is 19.5 Å². The van der Waals surface area contributed by atoms with Gasteiger partial charge in [0.1, 0.15) is 0 Å². The summed E-state index contributed by atoms with van der Waals surface area (Å²) in [6, 6.07) is 3.53. The molecule has 1 aromatic rings. The lowest BCUT2D eigenvalue weighted by molar-refractivity contribution is -0.429. The predicted molar refractivity (Wildman–Crippen MR) is 64.2 cm³/mol. The molecule has 0 spiro atoms. The molecule has 0 N–H and O–H groups in total. The van der Waals surface area contributed by atoms with E-state index in [4.69, 9.17) is 0 Å². The van der Waals surface area contributed by atoms with Crippen molar-refractivity contribution in [3.8, 4) is 0 Å². The normalized spacial score (nSPS) is 11.8. The van der Waals surface area contributed by atoms with Crippen molar-refractivity contribution in [2.24, 2.45) is 4.14 Å². The Morgan fingerprint density at radius 2 is 1.62 bits per heavy atom. The van der Waals surface area contributed by atoms with Crippen molar-refractivity contribution >= 4 is 69.6 Å². The van der Waals surface area contributed by atoms with Gasteiger partial charge in [-0.15, -0.1) is 0 Å². The summed E-state index contributed by atoms with van der Waals surface area (Å²) in [6.07, 6.45) is 0. The molecular formula is C6H2Br4N2O. The van der Waals surface area contributed by atoms with Crippen molar-refractivity contribution in [3.63, 3.8) is 0 Å². The summed E-state index contributed by atoms with van der Waals surface area (Å²) in [5, 5.41) is 11.2. The Morgan fingerprint density at radius 1 is 1.15 bits per heavy atom. The van der Waals surface area contributed by atoms with Crippen molar-refractivity contribution < 1.29 is 4.86 Å². The van der Waals surface area contributed by atoms with Gasteiger partial charge in [0.05, 0.1) is 13.1 Å². The highest BCUT2D eigenvalue weighted by Crippen LogP contribution is 2.36. The van der Waals surface area contributed by atoms with Gasteiger partial charge >= 0.3 is 0 Å². The summed E-state index contributed by atoms with van der Waals surface area (Å²) >= 11 is 12.5. The van der Waals surface area contributed by atoms with Crippen molar-refractivity contribution in [3.05, 3.63) is 30.8 Å². The monoisotopic (exact) mass is 434 g/mol. The van der Waals surface area contributed by atoms with E-state index in [1.54, 1.807) is 12.1 Å². The maximum Gasteiger partial charge on any atom is 0.273 e. The third kappa shape index (κ3) is 2.74. The SMILES string of the molecule is [O-]/[N+](=N\Br)c1c(Br)cc(Br)cc1Br. The average Bonchev–Trinajstić information content (AvgIpc) is 2.02. The molecule has 13 heavy (non-hydrogen) atoms. The molecule has 0 fully saturated rings. The highest BCUT2D eigenvalue weighted by molar-refractivity contribution is 9.11. The molecule has 0 unspecified atom stereocenters. The summed E-state index contributed by atoms with van der Waals surface area (Å²) in [6.45, 7) is 0. The molecule has 0 atom stereocenters. The molecule has 0 amide bonds. The van der Waals surface area contributed by atoms with E-state index in [0.717, 1.165) is 4.47 Å². The number of halogens is 4. The Morgan fingerprint density at radius 3 is 2.00 bits per heavy atom. The van der Waals surface area contributed by atoms with E-state index in [-0.39, 0.29) is 0 Å². The van der Waals surface area contributed by atoms with E-state index in [2.05, 4.69) is 68.1 Å². The zero-order valence-corrected chi connectivity index (χ0v) is 12.3. The Hall–Kier alpha value is 0.540. The van der Waals surface area contributed by atoms with Crippen LogP contribution in [0.1, 0.15) is 0 Å². The van der Waals surface area contributed by atoms with Gasteiger partial charge in [0.25, 0.3) is 5.69 Å². The molecular weight excluding hydrogens is 436 g/mol. The lowest BCUT2D eigenvalue weighted by Crippen LogP contribution is -1.91. The second-order valence-corrected chi connectivity index (χ2v) is 5.01. The molecule has 0 aliphatic rings. The maximum absolute atomic E-state index is 11.2. The zero-order chi connectivity index (χ0) is 10.0. The van der Waals surface area contributed by atoms with Crippen LogP contribution in [0.25, 0.3) is 0 Å². The van der Waals surface area contributed by atoms with Gasteiger partial charge in [-0.25, -0.2) is 0 Å². The first-order chi connectivity index (χ1) is 6.06. The van der Waals surface area contributed by atoms with Gasteiger partial charge in [0.15, 0.2) is 16.1 Å². The molecule has 70 valence electrons. The van der Waals surface area contributed by atoms with Gasteiger partial charge in [0, 0.05) is 4.47 Å². The standard InChI is InChI=1S/C6H2Br4N2O/c7-3-1-4(8)6(5(9)2-3)12(13)11-10/h1-2H/b12-11-. The van der Waals surface area contributed by atoms with Crippen molar-refractivity contribution in [1.82, 2.24) is 0 Å². The molecule has 0 heterocycles. The molecule has 1 rings (SSSR count). The average molecular weight is 438 g/mol. The molecule has 0 bridgehead atoms. The van der Waals surface area contributed by atoms with Gasteiger partial charge in [-0.1, -0.05) is 15.9 Å². The fourth-order valence-corrected chi connectivity index (χ4v) is 3.48. The first kappa shape index (κ1) is 11.6. The number of benzene rings is 1. The number of nitrogens with zero attached hydrogens (tertiary/aromatic N) is 2. The Labute approximate surface area is 109 Å². The van der Waals surface area contributed by atoms with Crippen LogP contribution in [0.15, 0.2) is 29.7 Å². The van der Waals surface area contributed by atoms with E-state index in [1.807, 2.05) is 0 Å². The van der Waals surface area contributed by atoms with Crippen LogP contribution in [0.3, 0.4) is 0 Å². The third-order valence-electron chi connectivity index (χ3n) is 1.24. The summed E-state index contributed by atoms with van der Waals surface area (Å²) in [5.74, 6) is 0.